The van der Waals surface area contributed by atoms with Crippen molar-refractivity contribution < 1.29 is 9.53 Å². The minimum absolute atomic E-state index is 0.127. The molecule has 2 aromatic rings. The molecule has 20 heavy (non-hydrogen) atoms. The lowest BCUT2D eigenvalue weighted by Crippen LogP contribution is -2.37. The predicted octanol–water partition coefficient (Wildman–Crippen LogP) is 2.72. The van der Waals surface area contributed by atoms with Gasteiger partial charge >= 0.3 is 0 Å². The van der Waals surface area contributed by atoms with Crippen LogP contribution in [-0.2, 0) is 9.53 Å². The topological polar surface area (TPSA) is 57.0 Å². The molecule has 0 spiro atoms. The summed E-state index contributed by atoms with van der Waals surface area (Å²) in [5.41, 5.74) is -0.451. The van der Waals surface area contributed by atoms with E-state index in [2.05, 4.69) is 10.1 Å². The average molecular weight is 291 g/mol. The number of rotatable bonds is 6. The molecule has 0 N–H and O–H groups in total. The molecule has 5 nitrogen and oxygen atoms in total. The molecular weight excluding hydrogens is 274 g/mol. The summed E-state index contributed by atoms with van der Waals surface area (Å²) in [7, 11) is 0. The van der Waals surface area contributed by atoms with E-state index in [-0.39, 0.29) is 5.78 Å². The molecule has 0 aliphatic rings. The molecule has 0 bridgehead atoms. The highest BCUT2D eigenvalue weighted by molar-refractivity contribution is 7.10. The predicted molar refractivity (Wildman–Crippen MR) is 79.2 cm³/mol. The number of hydrogen-bond donors (Lipinski definition) is 0. The highest BCUT2D eigenvalue weighted by atomic mass is 32.1. The van der Waals surface area contributed by atoms with E-state index in [9.17, 15) is 4.79 Å². The van der Waals surface area contributed by atoms with E-state index in [0.717, 1.165) is 4.88 Å². The van der Waals surface area contributed by atoms with Gasteiger partial charge in [-0.2, -0.15) is 5.10 Å². The summed E-state index contributed by atoms with van der Waals surface area (Å²) >= 11 is 1.56. The van der Waals surface area contributed by atoms with Crippen molar-refractivity contribution in [2.75, 3.05) is 6.61 Å². The summed E-state index contributed by atoms with van der Waals surface area (Å²) in [5, 5.41) is 6.02. The van der Waals surface area contributed by atoms with E-state index in [0.29, 0.717) is 12.3 Å². The van der Waals surface area contributed by atoms with Gasteiger partial charge in [0.15, 0.2) is 0 Å². The fourth-order valence-electron chi connectivity index (χ4n) is 1.81. The summed E-state index contributed by atoms with van der Waals surface area (Å²) in [5.74, 6) is -0.127. The second-order valence-corrected chi connectivity index (χ2v) is 5.64. The number of thiophene rings is 1. The second-order valence-electron chi connectivity index (χ2n) is 4.66. The highest BCUT2D eigenvalue weighted by Gasteiger charge is 2.32. The van der Waals surface area contributed by atoms with Crippen LogP contribution in [0.2, 0.25) is 0 Å². The van der Waals surface area contributed by atoms with Gasteiger partial charge in [-0.3, -0.25) is 4.79 Å². The Morgan fingerprint density at radius 1 is 1.55 bits per heavy atom. The van der Waals surface area contributed by atoms with Crippen molar-refractivity contribution in [3.8, 4) is 0 Å². The average Bonchev–Trinajstić information content (AvgIpc) is 3.08. The molecule has 6 heteroatoms. The van der Waals surface area contributed by atoms with E-state index in [1.807, 2.05) is 30.5 Å². The van der Waals surface area contributed by atoms with E-state index in [1.165, 1.54) is 17.3 Å². The quantitative estimate of drug-likeness (QED) is 0.768. The van der Waals surface area contributed by atoms with Crippen molar-refractivity contribution in [2.45, 2.75) is 26.4 Å². The number of ether oxygens (including phenoxy) is 1. The van der Waals surface area contributed by atoms with Crippen LogP contribution in [0.25, 0.3) is 11.8 Å². The Morgan fingerprint density at radius 2 is 2.35 bits per heavy atom. The van der Waals surface area contributed by atoms with Crippen LogP contribution >= 0.6 is 11.3 Å². The van der Waals surface area contributed by atoms with Crippen LogP contribution in [0.15, 0.2) is 30.2 Å². The molecule has 0 aromatic carbocycles. The van der Waals surface area contributed by atoms with E-state index in [1.54, 1.807) is 25.2 Å². The van der Waals surface area contributed by atoms with Crippen molar-refractivity contribution >= 4 is 28.9 Å². The molecular formula is C14H17N3O2S. The zero-order valence-electron chi connectivity index (χ0n) is 11.7. The lowest BCUT2D eigenvalue weighted by atomic mass is 10.00. The normalized spacial score (nSPS) is 12.7. The Bertz CT molecular complexity index is 586. The summed E-state index contributed by atoms with van der Waals surface area (Å²) in [6.07, 6.45) is 4.73. The first-order chi connectivity index (χ1) is 9.54. The Balaban J connectivity index is 2.40. The number of carbonyl (C=O) groups excluding carboxylic acids is 1. The molecule has 0 fully saturated rings. The Labute approximate surface area is 121 Å². The first-order valence-electron chi connectivity index (χ1n) is 6.33. The minimum Gasteiger partial charge on any atom is -0.368 e. The number of aromatic nitrogens is 3. The van der Waals surface area contributed by atoms with Crippen LogP contribution in [0.4, 0.5) is 0 Å². The Hall–Kier alpha value is -1.79. The zero-order chi connectivity index (χ0) is 14.6. The number of ketones is 1. The van der Waals surface area contributed by atoms with Gasteiger partial charge in [-0.15, -0.1) is 11.3 Å². The van der Waals surface area contributed by atoms with Crippen LogP contribution < -0.4 is 0 Å². The summed E-state index contributed by atoms with van der Waals surface area (Å²) in [6.45, 7) is 5.87. The maximum atomic E-state index is 12.7. The first-order valence-corrected chi connectivity index (χ1v) is 7.21. The van der Waals surface area contributed by atoms with Gasteiger partial charge in [0.2, 0.25) is 5.78 Å². The molecule has 2 aromatic heterocycles. The molecule has 0 unspecified atom stereocenters. The molecule has 0 aliphatic carbocycles. The number of nitrogens with zero attached hydrogens (tertiary/aromatic N) is 3. The van der Waals surface area contributed by atoms with Crippen LogP contribution in [0.1, 0.15) is 25.6 Å². The van der Waals surface area contributed by atoms with Gasteiger partial charge < -0.3 is 4.74 Å². The first kappa shape index (κ1) is 14.6. The van der Waals surface area contributed by atoms with Gasteiger partial charge in [0.1, 0.15) is 24.0 Å². The van der Waals surface area contributed by atoms with Crippen molar-refractivity contribution in [2.24, 2.45) is 0 Å². The van der Waals surface area contributed by atoms with Crippen LogP contribution in [0.5, 0.6) is 0 Å². The molecule has 0 saturated carbocycles. The number of carbonyl (C=O) groups is 1. The fraction of sp³-hybridized carbons (Fsp3) is 0.357. The molecule has 0 atom stereocenters. The SMILES string of the molecule is CCOC(C)(C)C(=O)C(=Cc1cccs1)n1cncn1. The van der Waals surface area contributed by atoms with E-state index < -0.39 is 5.60 Å². The minimum atomic E-state index is -0.899. The van der Waals surface area contributed by atoms with Gasteiger partial charge in [0.25, 0.3) is 0 Å². The van der Waals surface area contributed by atoms with Crippen molar-refractivity contribution in [1.82, 2.24) is 14.8 Å². The zero-order valence-corrected chi connectivity index (χ0v) is 12.6. The van der Waals surface area contributed by atoms with Crippen molar-refractivity contribution in [3.63, 3.8) is 0 Å². The van der Waals surface area contributed by atoms with Crippen LogP contribution in [-0.4, -0.2) is 32.8 Å². The van der Waals surface area contributed by atoms with Gasteiger partial charge in [-0.1, -0.05) is 6.07 Å². The lowest BCUT2D eigenvalue weighted by Gasteiger charge is -2.24. The molecule has 0 amide bonds. The van der Waals surface area contributed by atoms with E-state index in [4.69, 9.17) is 4.74 Å². The maximum absolute atomic E-state index is 12.7. The summed E-state index contributed by atoms with van der Waals surface area (Å²) < 4.78 is 7.02. The molecule has 0 radical (unpaired) electrons. The van der Waals surface area contributed by atoms with Crippen molar-refractivity contribution in [1.29, 1.82) is 0 Å². The lowest BCUT2D eigenvalue weighted by molar-refractivity contribution is -0.133. The van der Waals surface area contributed by atoms with Gasteiger partial charge in [0.05, 0.1) is 0 Å². The van der Waals surface area contributed by atoms with Crippen LogP contribution in [0.3, 0.4) is 0 Å². The number of Topliss-reactive ketones (excluding diaryl/α,β-unsaturated/α-hetero) is 1. The summed E-state index contributed by atoms with van der Waals surface area (Å²) in [4.78, 5) is 17.6. The third-order valence-electron chi connectivity index (χ3n) is 2.77. The van der Waals surface area contributed by atoms with Crippen LogP contribution in [0, 0.1) is 0 Å². The largest absolute Gasteiger partial charge is 0.368 e. The highest BCUT2D eigenvalue weighted by Crippen LogP contribution is 2.22. The third-order valence-corrected chi connectivity index (χ3v) is 3.59. The number of hydrogen-bond acceptors (Lipinski definition) is 5. The maximum Gasteiger partial charge on any atom is 0.212 e. The van der Waals surface area contributed by atoms with Gasteiger partial charge in [0, 0.05) is 11.5 Å². The standard InChI is InChI=1S/C14H17N3O2S/c1-4-19-14(2,3)13(18)12(17-10-15-9-16-17)8-11-6-5-7-20-11/h5-10H,4H2,1-3H3. The molecule has 0 saturated heterocycles. The van der Waals surface area contributed by atoms with E-state index >= 15 is 0 Å². The fourth-order valence-corrected chi connectivity index (χ4v) is 2.46. The Kier molecular flexibility index (Phi) is 4.46. The second kappa shape index (κ2) is 6.11. The van der Waals surface area contributed by atoms with Gasteiger partial charge in [-0.25, -0.2) is 9.67 Å². The third kappa shape index (κ3) is 3.20. The molecule has 2 rings (SSSR count). The molecule has 0 aliphatic heterocycles. The Morgan fingerprint density at radius 3 is 2.90 bits per heavy atom. The monoisotopic (exact) mass is 291 g/mol. The molecule has 2 heterocycles. The molecule has 106 valence electrons. The smallest absolute Gasteiger partial charge is 0.212 e. The van der Waals surface area contributed by atoms with Crippen molar-refractivity contribution in [3.05, 3.63) is 35.0 Å². The summed E-state index contributed by atoms with van der Waals surface area (Å²) in [6, 6.07) is 3.89. The van der Waals surface area contributed by atoms with Gasteiger partial charge in [-0.05, 0) is 38.3 Å².